The highest BCUT2D eigenvalue weighted by Crippen LogP contribution is 2.25. The molecule has 0 bridgehead atoms. The first-order chi connectivity index (χ1) is 37.5. The minimum Gasteiger partial charge on any atom is -0.480 e. The van der Waals surface area contributed by atoms with Crippen LogP contribution in [0.5, 0.6) is 0 Å². The van der Waals surface area contributed by atoms with Crippen molar-refractivity contribution >= 4 is 85.9 Å². The van der Waals surface area contributed by atoms with Gasteiger partial charge in [-0.2, -0.15) is 0 Å². The van der Waals surface area contributed by atoms with Crippen LogP contribution in [0.4, 0.5) is 4.79 Å². The summed E-state index contributed by atoms with van der Waals surface area (Å²) in [5.41, 5.74) is 8.28. The van der Waals surface area contributed by atoms with E-state index in [1.807, 2.05) is 18.2 Å². The molecule has 1 saturated heterocycles. The highest BCUT2D eigenvalue weighted by Gasteiger charge is 2.37. The Balaban J connectivity index is 1.57. The number of hydrogen-bond donors (Lipinski definition) is 13. The second-order valence-electron chi connectivity index (χ2n) is 20.1. The molecule has 14 N–H and O–H groups in total. The van der Waals surface area contributed by atoms with Gasteiger partial charge in [0.2, 0.25) is 41.4 Å². The van der Waals surface area contributed by atoms with Crippen molar-refractivity contribution in [3.8, 4) is 0 Å². The van der Waals surface area contributed by atoms with Crippen LogP contribution in [0.2, 0.25) is 0 Å². The van der Waals surface area contributed by atoms with Gasteiger partial charge < -0.3 is 73.3 Å². The van der Waals surface area contributed by atoms with Gasteiger partial charge >= 0.3 is 12.1 Å². The van der Waals surface area contributed by atoms with Gasteiger partial charge in [-0.3, -0.25) is 33.6 Å². The lowest BCUT2D eigenvalue weighted by molar-refractivity contribution is -0.145. The van der Waals surface area contributed by atoms with Crippen LogP contribution in [0.1, 0.15) is 70.6 Å². The highest BCUT2D eigenvalue weighted by molar-refractivity contribution is 8.76. The third-order valence-corrected chi connectivity index (χ3v) is 14.9. The number of fused-ring (bicyclic) bond motifs is 1. The van der Waals surface area contributed by atoms with Crippen LogP contribution in [-0.2, 0) is 62.4 Å². The number of carbonyl (C=O) groups is 9. The van der Waals surface area contributed by atoms with Crippen LogP contribution in [0.15, 0.2) is 91.1 Å². The van der Waals surface area contributed by atoms with Gasteiger partial charge in [-0.05, 0) is 83.1 Å². The summed E-state index contributed by atoms with van der Waals surface area (Å²) >= 11 is 0. The van der Waals surface area contributed by atoms with Crippen LogP contribution in [0, 0.1) is 0 Å². The zero-order valence-corrected chi connectivity index (χ0v) is 46.2. The number of alkyl carbamates (subject to hydrolysis) is 1. The van der Waals surface area contributed by atoms with Crippen molar-refractivity contribution in [2.45, 2.75) is 139 Å². The van der Waals surface area contributed by atoms with Crippen molar-refractivity contribution in [1.82, 2.24) is 47.5 Å². The molecule has 0 saturated carbocycles. The van der Waals surface area contributed by atoms with Crippen molar-refractivity contribution in [2.75, 3.05) is 18.1 Å². The van der Waals surface area contributed by atoms with Crippen LogP contribution in [0.3, 0.4) is 0 Å². The van der Waals surface area contributed by atoms with E-state index in [2.05, 4.69) is 47.5 Å². The largest absolute Gasteiger partial charge is 0.480 e. The standard InChI is InChI=1S/C54H72N10O13S2/c1-30(65)43-51(73)62-42(50(72)64-44(31(2)66)52(74)75)29-79-78-28-41(61-45(67)36(55)24-32-16-8-6-9-17-32)49(71)59-39(25-33-18-10-7-11-19-33)47(69)60-40(26-34-27-57-37-21-13-12-20-35(34)37)48(70)58-38(46(68)63-43)22-14-15-23-56-53(76)77-54(3,4)5/h6-13,16-21,27,30-31,36,38-44,57,65-66H,14-15,22-26,28-29,55H2,1-5H3,(H,56,76)(H,58,70)(H,59,71)(H,60,69)(H,61,67)(H,62,73)(H,63,68)(H,64,72)(H,74,75)/t30-,31-,36-,38+,39-,40-,41+,42+,43+,44+/m1/s1. The van der Waals surface area contributed by atoms with E-state index >= 15 is 0 Å². The number of aromatic amines is 1. The molecule has 0 aliphatic carbocycles. The van der Waals surface area contributed by atoms with E-state index in [4.69, 9.17) is 10.5 Å². The number of benzene rings is 3. The fourth-order valence-electron chi connectivity index (χ4n) is 8.25. The third-order valence-electron chi connectivity index (χ3n) is 12.4. The normalized spacial score (nSPS) is 21.7. The Labute approximate surface area is 465 Å². The quantitative estimate of drug-likeness (QED) is 0.0485. The molecule has 5 rings (SSSR count). The van der Waals surface area contributed by atoms with E-state index in [1.165, 1.54) is 6.92 Å². The number of nitrogens with one attached hydrogen (secondary N) is 9. The number of hydrogen-bond acceptors (Lipinski definition) is 15. The molecule has 1 fully saturated rings. The minimum absolute atomic E-state index is 0.0979. The summed E-state index contributed by atoms with van der Waals surface area (Å²) in [6.45, 7) is 7.53. The molecule has 0 unspecified atom stereocenters. The average molecular weight is 1130 g/mol. The summed E-state index contributed by atoms with van der Waals surface area (Å²) in [4.78, 5) is 128. The fourth-order valence-corrected chi connectivity index (χ4v) is 10.6. The summed E-state index contributed by atoms with van der Waals surface area (Å²) in [7, 11) is 1.87. The fraction of sp³-hybridized carbons (Fsp3) is 0.463. The molecule has 1 aliphatic heterocycles. The maximum Gasteiger partial charge on any atom is 0.407 e. The predicted octanol–water partition coefficient (Wildman–Crippen LogP) is 0.853. The molecule has 4 aromatic rings. The van der Waals surface area contributed by atoms with Crippen molar-refractivity contribution in [3.05, 3.63) is 108 Å². The summed E-state index contributed by atoms with van der Waals surface area (Å²) in [5, 5.41) is 52.6. The van der Waals surface area contributed by atoms with E-state index in [0.29, 0.717) is 11.1 Å². The Hall–Kier alpha value is -7.19. The first-order valence-electron chi connectivity index (χ1n) is 25.8. The highest BCUT2D eigenvalue weighted by atomic mass is 33.1. The van der Waals surface area contributed by atoms with Gasteiger partial charge in [0.15, 0.2) is 6.04 Å². The number of aliphatic hydroxyl groups is 2. The molecule has 79 heavy (non-hydrogen) atoms. The Morgan fingerprint density at radius 3 is 1.94 bits per heavy atom. The molecule has 23 nitrogen and oxygen atoms in total. The zero-order valence-electron chi connectivity index (χ0n) is 44.6. The SMILES string of the molecule is C[C@@H](O)[C@H](NC(=O)[C@@H]1CSSC[C@H](NC(=O)[C@H](N)Cc2ccccc2)C(=O)N[C@H](Cc2ccccc2)C(=O)N[C@H](Cc2c[nH]c3ccccc23)C(=O)N[C@@H](CCCCNC(=O)OC(C)(C)C)C(=O)N[C@@H]([C@@H](C)O)C(=O)N1)C(=O)O. The third kappa shape index (κ3) is 20.2. The Morgan fingerprint density at radius 2 is 1.30 bits per heavy atom. The lowest BCUT2D eigenvalue weighted by Gasteiger charge is -2.29. The summed E-state index contributed by atoms with van der Waals surface area (Å²) < 4.78 is 5.32. The molecule has 0 radical (unpaired) electrons. The summed E-state index contributed by atoms with van der Waals surface area (Å²) in [5.74, 6) is -8.55. The Kier molecular flexibility index (Phi) is 24.0. The van der Waals surface area contributed by atoms with Gasteiger partial charge in [0.25, 0.3) is 0 Å². The molecule has 0 spiro atoms. The number of aromatic nitrogens is 1. The molecular formula is C54H72N10O13S2. The molecule has 25 heteroatoms. The molecule has 428 valence electrons. The first kappa shape index (κ1) is 62.7. The van der Waals surface area contributed by atoms with Gasteiger partial charge in [-0.25, -0.2) is 9.59 Å². The number of carboxylic acid groups (broad SMARTS) is 1. The van der Waals surface area contributed by atoms with E-state index < -0.39 is 120 Å². The van der Waals surface area contributed by atoms with Crippen LogP contribution < -0.4 is 48.3 Å². The first-order valence-corrected chi connectivity index (χ1v) is 28.3. The maximum atomic E-state index is 14.9. The van der Waals surface area contributed by atoms with Gasteiger partial charge in [0, 0.05) is 48.0 Å². The van der Waals surface area contributed by atoms with Gasteiger partial charge in [-0.1, -0.05) is 100 Å². The number of aliphatic hydroxyl groups excluding tert-OH is 2. The monoisotopic (exact) mass is 1130 g/mol. The molecule has 1 aliphatic rings. The Morgan fingerprint density at radius 1 is 0.722 bits per heavy atom. The molecule has 2 heterocycles. The van der Waals surface area contributed by atoms with E-state index in [1.54, 1.807) is 93.7 Å². The number of amides is 8. The topological polar surface area (TPSA) is 362 Å². The Bertz CT molecular complexity index is 2730. The van der Waals surface area contributed by atoms with Crippen LogP contribution in [0.25, 0.3) is 10.9 Å². The second kappa shape index (κ2) is 30.2. The number of para-hydroxylation sites is 1. The summed E-state index contributed by atoms with van der Waals surface area (Å²) in [6, 6.07) is 12.8. The van der Waals surface area contributed by atoms with E-state index in [9.17, 15) is 58.5 Å². The number of H-pyrrole nitrogens is 1. The number of ether oxygens (including phenoxy) is 1. The summed E-state index contributed by atoms with van der Waals surface area (Å²) in [6.07, 6.45) is -2.05. The van der Waals surface area contributed by atoms with Crippen LogP contribution >= 0.6 is 21.6 Å². The lowest BCUT2D eigenvalue weighted by Crippen LogP contribution is -2.62. The number of rotatable bonds is 18. The lowest BCUT2D eigenvalue weighted by atomic mass is 10.0. The molecular weight excluding hydrogens is 1060 g/mol. The second-order valence-corrected chi connectivity index (χ2v) is 22.7. The van der Waals surface area contributed by atoms with Crippen molar-refractivity contribution in [1.29, 1.82) is 0 Å². The van der Waals surface area contributed by atoms with Crippen molar-refractivity contribution in [3.63, 3.8) is 0 Å². The molecule has 8 amide bonds. The number of unbranched alkanes of at least 4 members (excludes halogenated alkanes) is 1. The number of carboxylic acids is 1. The predicted molar refractivity (Wildman–Crippen MR) is 298 cm³/mol. The smallest absolute Gasteiger partial charge is 0.407 e. The van der Waals surface area contributed by atoms with Crippen LogP contribution in [-0.4, -0.2) is 158 Å². The van der Waals surface area contributed by atoms with Crippen molar-refractivity contribution in [2.24, 2.45) is 5.73 Å². The minimum atomic E-state index is -1.83. The number of nitrogens with two attached hydrogens (primary N) is 1. The van der Waals surface area contributed by atoms with Gasteiger partial charge in [0.05, 0.1) is 18.2 Å². The molecule has 1 aromatic heterocycles. The average Bonchev–Trinajstić information content (AvgIpc) is 3.82. The van der Waals surface area contributed by atoms with Gasteiger partial charge in [0.1, 0.15) is 41.9 Å². The molecule has 10 atom stereocenters. The van der Waals surface area contributed by atoms with E-state index in [-0.39, 0.29) is 56.6 Å². The van der Waals surface area contributed by atoms with E-state index in [0.717, 1.165) is 45.0 Å². The number of aliphatic carboxylic acids is 1. The number of carbonyl (C=O) groups excluding carboxylic acids is 8. The maximum absolute atomic E-state index is 14.9. The molecule has 3 aromatic carbocycles. The van der Waals surface area contributed by atoms with Gasteiger partial charge in [-0.15, -0.1) is 0 Å². The van der Waals surface area contributed by atoms with Crippen molar-refractivity contribution < 1.29 is 63.2 Å². The zero-order chi connectivity index (χ0) is 57.8.